The molecule has 162 valence electrons. The van der Waals surface area contributed by atoms with Crippen LogP contribution in [0.5, 0.6) is 0 Å². The molecule has 0 aliphatic heterocycles. The van der Waals surface area contributed by atoms with Crippen molar-refractivity contribution < 1.29 is 0 Å². The fourth-order valence-electron chi connectivity index (χ4n) is 5.31. The molecular weight excluding hydrogens is 415 g/mol. The Bertz CT molecular complexity index is 1280. The number of hydrogen-bond donors (Lipinski definition) is 0. The molecule has 0 N–H and O–H groups in total. The maximum atomic E-state index is 2.45. The molecule has 0 bridgehead atoms. The zero-order valence-electron chi connectivity index (χ0n) is 19.6. The lowest BCUT2D eigenvalue weighted by Gasteiger charge is -2.34. The summed E-state index contributed by atoms with van der Waals surface area (Å²) in [5, 5.41) is 6.93. The molecule has 1 unspecified atom stereocenters. The Morgan fingerprint density at radius 1 is 0.515 bits per heavy atom. The van der Waals surface area contributed by atoms with E-state index in [4.69, 9.17) is 0 Å². The summed E-state index contributed by atoms with van der Waals surface area (Å²) in [6.07, 6.45) is 0. The number of rotatable bonds is 5. The molecule has 0 aromatic heterocycles. The van der Waals surface area contributed by atoms with E-state index in [2.05, 4.69) is 142 Å². The molecule has 5 aromatic carbocycles. The number of hydrogen-bond acceptors (Lipinski definition) is 0. The molecule has 33 heavy (non-hydrogen) atoms. The maximum Gasteiger partial charge on any atom is 0.119 e. The van der Waals surface area contributed by atoms with E-state index < -0.39 is 7.26 Å². The van der Waals surface area contributed by atoms with Crippen molar-refractivity contribution in [3.63, 3.8) is 0 Å². The van der Waals surface area contributed by atoms with Gasteiger partial charge in [0.2, 0.25) is 0 Å². The van der Waals surface area contributed by atoms with Gasteiger partial charge >= 0.3 is 0 Å². The fourth-order valence-corrected chi connectivity index (χ4v) is 10.2. The van der Waals surface area contributed by atoms with Gasteiger partial charge in [-0.15, -0.1) is 0 Å². The lowest BCUT2D eigenvalue weighted by Crippen LogP contribution is -2.34. The lowest BCUT2D eigenvalue weighted by molar-refractivity contribution is 1.06. The average molecular weight is 446 g/mol. The van der Waals surface area contributed by atoms with Crippen molar-refractivity contribution in [2.24, 2.45) is 0 Å². The van der Waals surface area contributed by atoms with Gasteiger partial charge in [0.15, 0.2) is 0 Å². The van der Waals surface area contributed by atoms with Crippen molar-refractivity contribution >= 4 is 33.9 Å². The van der Waals surface area contributed by atoms with Gasteiger partial charge in [0, 0.05) is 0 Å². The van der Waals surface area contributed by atoms with Crippen molar-refractivity contribution in [2.45, 2.75) is 26.4 Å². The highest BCUT2D eigenvalue weighted by Crippen LogP contribution is 2.66. The van der Waals surface area contributed by atoms with E-state index in [0.29, 0.717) is 5.66 Å². The van der Waals surface area contributed by atoms with Crippen molar-refractivity contribution in [2.75, 3.05) is 0 Å². The van der Waals surface area contributed by atoms with Gasteiger partial charge < -0.3 is 0 Å². The SMILES string of the molecule is Cc1ccc2cc(C)c(C(C)[P+](c3ccccc3)(c3ccccc3)c3ccccc3)cc2c1. The first-order valence-electron chi connectivity index (χ1n) is 11.7. The molecule has 0 spiro atoms. The van der Waals surface area contributed by atoms with E-state index in [1.165, 1.54) is 43.4 Å². The predicted molar refractivity (Wildman–Crippen MR) is 147 cm³/mol. The molecule has 0 heterocycles. The van der Waals surface area contributed by atoms with Gasteiger partial charge in [0.1, 0.15) is 28.8 Å². The van der Waals surface area contributed by atoms with E-state index in [9.17, 15) is 0 Å². The van der Waals surface area contributed by atoms with E-state index in [0.717, 1.165) is 0 Å². The van der Waals surface area contributed by atoms with Gasteiger partial charge in [-0.1, -0.05) is 84.4 Å². The fraction of sp³-hybridized carbons (Fsp3) is 0.125. The predicted octanol–water partition coefficient (Wildman–Crippen LogP) is 7.51. The highest BCUT2D eigenvalue weighted by molar-refractivity contribution is 7.95. The van der Waals surface area contributed by atoms with Gasteiger partial charge in [0.05, 0.1) is 0 Å². The van der Waals surface area contributed by atoms with Crippen LogP contribution in [0.4, 0.5) is 0 Å². The first kappa shape index (κ1) is 21.6. The molecule has 1 atom stereocenters. The molecular formula is C32H30P+. The van der Waals surface area contributed by atoms with E-state index in [-0.39, 0.29) is 0 Å². The highest BCUT2D eigenvalue weighted by atomic mass is 31.2. The molecule has 5 rings (SSSR count). The number of fused-ring (bicyclic) bond motifs is 1. The minimum atomic E-state index is -1.98. The molecule has 1 heteroatoms. The number of benzene rings is 5. The monoisotopic (exact) mass is 445 g/mol. The Hall–Kier alpha value is -3.21. The molecule has 0 nitrogen and oxygen atoms in total. The molecule has 0 aliphatic rings. The zero-order chi connectivity index (χ0) is 22.8. The molecule has 0 aliphatic carbocycles. The van der Waals surface area contributed by atoms with Gasteiger partial charge in [-0.05, 0) is 85.1 Å². The Balaban J connectivity index is 1.85. The summed E-state index contributed by atoms with van der Waals surface area (Å²) in [7, 11) is -1.98. The topological polar surface area (TPSA) is 0 Å². The minimum Gasteiger partial charge on any atom is -0.0620 e. The molecule has 0 fully saturated rings. The second kappa shape index (κ2) is 8.97. The van der Waals surface area contributed by atoms with E-state index in [1.807, 2.05) is 0 Å². The second-order valence-electron chi connectivity index (χ2n) is 8.96. The van der Waals surface area contributed by atoms with Crippen LogP contribution in [0.1, 0.15) is 29.3 Å². The van der Waals surface area contributed by atoms with Crippen molar-refractivity contribution in [1.29, 1.82) is 0 Å². The normalized spacial score (nSPS) is 12.6. The molecule has 0 amide bonds. The second-order valence-corrected chi connectivity index (χ2v) is 12.7. The summed E-state index contributed by atoms with van der Waals surface area (Å²) in [5.74, 6) is 0. The summed E-state index contributed by atoms with van der Waals surface area (Å²) < 4.78 is 0. The standard InChI is InChI=1S/C32H30P/c1-24-19-20-27-22-25(2)32(23-28(27)21-24)26(3)33(29-13-7-4-8-14-29,30-15-9-5-10-16-30)31-17-11-6-12-18-31/h4-23,26H,1-3H3/q+1. The smallest absolute Gasteiger partial charge is 0.0620 e. The van der Waals surface area contributed by atoms with Crippen molar-refractivity contribution in [3.05, 3.63) is 138 Å². The summed E-state index contributed by atoms with van der Waals surface area (Å²) in [6.45, 7) is 6.91. The largest absolute Gasteiger partial charge is 0.119 e. The van der Waals surface area contributed by atoms with Crippen LogP contribution in [0.25, 0.3) is 10.8 Å². The van der Waals surface area contributed by atoms with Crippen LogP contribution in [0.15, 0.2) is 121 Å². The number of aryl methyl sites for hydroxylation is 2. The highest BCUT2D eigenvalue weighted by Gasteiger charge is 2.51. The Kier molecular flexibility index (Phi) is 5.88. The first-order valence-corrected chi connectivity index (χ1v) is 13.5. The average Bonchev–Trinajstić information content (AvgIpc) is 2.86. The van der Waals surface area contributed by atoms with Crippen LogP contribution in [0, 0.1) is 13.8 Å². The molecule has 0 saturated carbocycles. The molecule has 0 radical (unpaired) electrons. The third-order valence-electron chi connectivity index (χ3n) is 6.90. The quantitative estimate of drug-likeness (QED) is 0.246. The maximum absolute atomic E-state index is 2.45. The Morgan fingerprint density at radius 2 is 1.00 bits per heavy atom. The van der Waals surface area contributed by atoms with Crippen LogP contribution in [-0.2, 0) is 0 Å². The third-order valence-corrected chi connectivity index (χ3v) is 11.7. The summed E-state index contributed by atoms with van der Waals surface area (Å²) in [6, 6.07) is 45.2. The van der Waals surface area contributed by atoms with Crippen LogP contribution >= 0.6 is 7.26 Å². The van der Waals surface area contributed by atoms with Gasteiger partial charge in [-0.3, -0.25) is 0 Å². The zero-order valence-corrected chi connectivity index (χ0v) is 20.5. The summed E-state index contributed by atoms with van der Waals surface area (Å²) in [5.41, 5.74) is 4.44. The molecule has 5 aromatic rings. The van der Waals surface area contributed by atoms with Crippen LogP contribution in [0.2, 0.25) is 0 Å². The Morgan fingerprint density at radius 3 is 1.48 bits per heavy atom. The first-order chi connectivity index (χ1) is 16.1. The van der Waals surface area contributed by atoms with Crippen LogP contribution in [-0.4, -0.2) is 0 Å². The Labute approximate surface area is 198 Å². The van der Waals surface area contributed by atoms with Crippen LogP contribution in [0.3, 0.4) is 0 Å². The minimum absolute atomic E-state index is 0.328. The van der Waals surface area contributed by atoms with E-state index in [1.54, 1.807) is 0 Å². The van der Waals surface area contributed by atoms with Crippen molar-refractivity contribution in [3.8, 4) is 0 Å². The van der Waals surface area contributed by atoms with Gasteiger partial charge in [-0.2, -0.15) is 0 Å². The van der Waals surface area contributed by atoms with Gasteiger partial charge in [-0.25, -0.2) is 0 Å². The van der Waals surface area contributed by atoms with Gasteiger partial charge in [0.25, 0.3) is 0 Å². The van der Waals surface area contributed by atoms with E-state index >= 15 is 0 Å². The lowest BCUT2D eigenvalue weighted by atomic mass is 9.99. The third kappa shape index (κ3) is 3.79. The van der Waals surface area contributed by atoms with Crippen molar-refractivity contribution in [1.82, 2.24) is 0 Å². The summed E-state index contributed by atoms with van der Waals surface area (Å²) in [4.78, 5) is 0. The van der Waals surface area contributed by atoms with Crippen LogP contribution < -0.4 is 15.9 Å². The summed E-state index contributed by atoms with van der Waals surface area (Å²) >= 11 is 0. The molecule has 0 saturated heterocycles.